The second-order valence-corrected chi connectivity index (χ2v) is 3.67. The Balaban J connectivity index is 2.26. The molecule has 1 rings (SSSR count). The zero-order valence-electron chi connectivity index (χ0n) is 7.96. The van der Waals surface area contributed by atoms with Gasteiger partial charge in [-0.05, 0) is 6.42 Å². The Morgan fingerprint density at radius 1 is 1.71 bits per heavy atom. The fraction of sp³-hybridized carbons (Fsp3) is 0.875. The first-order chi connectivity index (χ1) is 6.38. The van der Waals surface area contributed by atoms with Crippen LogP contribution in [0.25, 0.3) is 0 Å². The molecule has 0 spiro atoms. The van der Waals surface area contributed by atoms with Gasteiger partial charge in [0, 0.05) is 26.1 Å². The summed E-state index contributed by atoms with van der Waals surface area (Å²) in [5, 5.41) is 11.3. The van der Waals surface area contributed by atoms with Gasteiger partial charge in [0.05, 0.1) is 6.54 Å². The van der Waals surface area contributed by atoms with Crippen molar-refractivity contribution in [1.29, 1.82) is 0 Å². The van der Waals surface area contributed by atoms with E-state index in [0.29, 0.717) is 19.5 Å². The van der Waals surface area contributed by atoms with Gasteiger partial charge in [-0.15, -0.1) is 0 Å². The lowest BCUT2D eigenvalue weighted by molar-refractivity contribution is 0.0202. The highest BCUT2D eigenvalue weighted by atomic mass is 19.3. The van der Waals surface area contributed by atoms with Crippen molar-refractivity contribution in [2.24, 2.45) is 0 Å². The van der Waals surface area contributed by atoms with Crippen LogP contribution >= 0.6 is 0 Å². The van der Waals surface area contributed by atoms with Crippen LogP contribution in [0.5, 0.6) is 0 Å². The second kappa shape index (κ2) is 4.08. The average Bonchev–Trinajstić information content (AvgIpc) is 2.47. The summed E-state index contributed by atoms with van der Waals surface area (Å²) in [6, 6.07) is -0.142. The predicted molar refractivity (Wildman–Crippen MR) is 46.6 cm³/mol. The lowest BCUT2D eigenvalue weighted by Gasteiger charge is -2.16. The van der Waals surface area contributed by atoms with E-state index < -0.39 is 18.6 Å². The molecule has 1 heterocycles. The molecule has 0 bridgehead atoms. The van der Waals surface area contributed by atoms with Gasteiger partial charge in [0.2, 0.25) is 0 Å². The van der Waals surface area contributed by atoms with Crippen molar-refractivity contribution in [2.45, 2.75) is 25.3 Å². The molecule has 14 heavy (non-hydrogen) atoms. The van der Waals surface area contributed by atoms with E-state index in [9.17, 15) is 13.6 Å². The number of rotatable bonds is 3. The summed E-state index contributed by atoms with van der Waals surface area (Å²) in [7, 11) is 0. The van der Waals surface area contributed by atoms with Crippen molar-refractivity contribution in [3.05, 3.63) is 0 Å². The largest absolute Gasteiger partial charge is 0.465 e. The molecule has 4 nitrogen and oxygen atoms in total. The van der Waals surface area contributed by atoms with E-state index in [1.807, 2.05) is 0 Å². The molecule has 0 aromatic carbocycles. The van der Waals surface area contributed by atoms with Crippen molar-refractivity contribution >= 4 is 6.09 Å². The maximum absolute atomic E-state index is 12.4. The minimum atomic E-state index is -2.74. The first kappa shape index (κ1) is 11.2. The van der Waals surface area contributed by atoms with Crippen LogP contribution in [0, 0.1) is 0 Å². The number of likely N-dealkylation sites (tertiary alicyclic amines) is 1. The van der Waals surface area contributed by atoms with Gasteiger partial charge in [0.15, 0.2) is 0 Å². The Hall–Kier alpha value is -0.910. The van der Waals surface area contributed by atoms with Crippen LogP contribution in [0.3, 0.4) is 0 Å². The summed E-state index contributed by atoms with van der Waals surface area (Å²) in [6.07, 6.45) is -0.389. The number of hydrogen-bond donors (Lipinski definition) is 2. The molecule has 1 aliphatic rings. The highest BCUT2D eigenvalue weighted by Crippen LogP contribution is 2.13. The minimum absolute atomic E-state index is 0.142. The van der Waals surface area contributed by atoms with Gasteiger partial charge in [0.25, 0.3) is 5.92 Å². The zero-order chi connectivity index (χ0) is 10.8. The minimum Gasteiger partial charge on any atom is -0.465 e. The molecule has 0 radical (unpaired) electrons. The van der Waals surface area contributed by atoms with Crippen LogP contribution in [0.2, 0.25) is 0 Å². The Labute approximate surface area is 80.9 Å². The van der Waals surface area contributed by atoms with Crippen molar-refractivity contribution in [3.63, 3.8) is 0 Å². The number of carbonyl (C=O) groups is 1. The Kier molecular flexibility index (Phi) is 3.25. The quantitative estimate of drug-likeness (QED) is 0.727. The molecule has 6 heteroatoms. The van der Waals surface area contributed by atoms with Crippen molar-refractivity contribution < 1.29 is 18.7 Å². The maximum Gasteiger partial charge on any atom is 0.407 e. The first-order valence-electron chi connectivity index (χ1n) is 4.47. The third-order valence-electron chi connectivity index (χ3n) is 2.16. The number of halogens is 2. The fourth-order valence-electron chi connectivity index (χ4n) is 1.42. The number of nitrogens with zero attached hydrogens (tertiary/aromatic N) is 1. The summed E-state index contributed by atoms with van der Waals surface area (Å²) in [4.78, 5) is 11.7. The number of alkyl halides is 2. The second-order valence-electron chi connectivity index (χ2n) is 3.67. The van der Waals surface area contributed by atoms with E-state index in [1.165, 1.54) is 4.90 Å². The summed E-state index contributed by atoms with van der Waals surface area (Å²) in [5.74, 6) is -2.74. The summed E-state index contributed by atoms with van der Waals surface area (Å²) in [6.45, 7) is 1.16. The number of amides is 1. The molecule has 0 saturated carbocycles. The molecule has 1 aliphatic heterocycles. The molecule has 1 fully saturated rings. The number of hydrogen-bond acceptors (Lipinski definition) is 2. The topological polar surface area (TPSA) is 52.6 Å². The molecule has 2 N–H and O–H groups in total. The van der Waals surface area contributed by atoms with Crippen molar-refractivity contribution in [1.82, 2.24) is 10.2 Å². The molecule has 0 aromatic heterocycles. The smallest absolute Gasteiger partial charge is 0.407 e. The van der Waals surface area contributed by atoms with Crippen LogP contribution in [0.15, 0.2) is 0 Å². The average molecular weight is 208 g/mol. The summed E-state index contributed by atoms with van der Waals surface area (Å²) < 4.78 is 24.9. The summed E-state index contributed by atoms with van der Waals surface area (Å²) >= 11 is 0. The molecule has 1 amide bonds. The van der Waals surface area contributed by atoms with Gasteiger partial charge in [0.1, 0.15) is 0 Å². The lowest BCUT2D eigenvalue weighted by Crippen LogP contribution is -2.40. The van der Waals surface area contributed by atoms with E-state index in [-0.39, 0.29) is 6.04 Å². The third kappa shape index (κ3) is 3.45. The molecule has 0 unspecified atom stereocenters. The van der Waals surface area contributed by atoms with Crippen LogP contribution in [-0.4, -0.2) is 47.7 Å². The Morgan fingerprint density at radius 3 is 2.79 bits per heavy atom. The first-order valence-corrected chi connectivity index (χ1v) is 4.47. The van der Waals surface area contributed by atoms with Crippen LogP contribution in [0.4, 0.5) is 13.6 Å². The van der Waals surface area contributed by atoms with Crippen LogP contribution in [0.1, 0.15) is 13.3 Å². The van der Waals surface area contributed by atoms with Gasteiger partial charge in [-0.2, -0.15) is 0 Å². The molecular weight excluding hydrogens is 194 g/mol. The lowest BCUT2D eigenvalue weighted by atomic mass is 10.2. The molecule has 0 aliphatic carbocycles. The van der Waals surface area contributed by atoms with Crippen molar-refractivity contribution in [3.8, 4) is 0 Å². The SMILES string of the molecule is CC(F)(F)CN[C@H]1CCN(C(=O)O)C1. The van der Waals surface area contributed by atoms with E-state index in [1.54, 1.807) is 0 Å². The Bertz CT molecular complexity index is 218. The molecule has 1 saturated heterocycles. The van der Waals surface area contributed by atoms with E-state index in [2.05, 4.69) is 5.32 Å². The molecular formula is C8H14F2N2O2. The molecule has 82 valence electrons. The number of nitrogens with one attached hydrogen (secondary N) is 1. The highest BCUT2D eigenvalue weighted by Gasteiger charge is 2.28. The third-order valence-corrected chi connectivity index (χ3v) is 2.16. The zero-order valence-corrected chi connectivity index (χ0v) is 7.96. The fourth-order valence-corrected chi connectivity index (χ4v) is 1.42. The standard InChI is InChI=1S/C8H14F2N2O2/c1-8(9,10)5-11-6-2-3-12(4-6)7(13)14/h6,11H,2-5H2,1H3,(H,13,14)/t6-/m0/s1. The molecule has 0 aromatic rings. The van der Waals surface area contributed by atoms with Gasteiger partial charge >= 0.3 is 6.09 Å². The maximum atomic E-state index is 12.4. The number of carboxylic acid groups (broad SMARTS) is 1. The van der Waals surface area contributed by atoms with E-state index >= 15 is 0 Å². The highest BCUT2D eigenvalue weighted by molar-refractivity contribution is 5.65. The van der Waals surface area contributed by atoms with Crippen LogP contribution in [-0.2, 0) is 0 Å². The van der Waals surface area contributed by atoms with Gasteiger partial charge in [-0.3, -0.25) is 0 Å². The van der Waals surface area contributed by atoms with E-state index in [0.717, 1.165) is 6.92 Å². The monoisotopic (exact) mass is 208 g/mol. The van der Waals surface area contributed by atoms with E-state index in [4.69, 9.17) is 5.11 Å². The van der Waals surface area contributed by atoms with Gasteiger partial charge in [-0.1, -0.05) is 0 Å². The van der Waals surface area contributed by atoms with Gasteiger partial charge < -0.3 is 15.3 Å². The normalized spacial score (nSPS) is 22.8. The predicted octanol–water partition coefficient (Wildman–Crippen LogP) is 0.984. The Morgan fingerprint density at radius 2 is 2.36 bits per heavy atom. The van der Waals surface area contributed by atoms with Gasteiger partial charge in [-0.25, -0.2) is 13.6 Å². The van der Waals surface area contributed by atoms with Crippen LogP contribution < -0.4 is 5.32 Å². The summed E-state index contributed by atoms with van der Waals surface area (Å²) in [5.41, 5.74) is 0. The van der Waals surface area contributed by atoms with Crippen molar-refractivity contribution in [2.75, 3.05) is 19.6 Å². The molecule has 1 atom stereocenters.